The molecule has 2 aromatic heterocycles. The van der Waals surface area contributed by atoms with E-state index in [1.54, 1.807) is 0 Å². The summed E-state index contributed by atoms with van der Waals surface area (Å²) in [6.45, 7) is 2.06. The van der Waals surface area contributed by atoms with Crippen molar-refractivity contribution in [2.45, 2.75) is 19.8 Å². The van der Waals surface area contributed by atoms with Crippen LogP contribution < -0.4 is 5.73 Å². The van der Waals surface area contributed by atoms with E-state index in [4.69, 9.17) is 5.73 Å². The van der Waals surface area contributed by atoms with Crippen molar-refractivity contribution < 1.29 is 0 Å². The number of aryl methyl sites for hydroxylation is 2. The summed E-state index contributed by atoms with van der Waals surface area (Å²) in [5.74, 6) is 1.91. The number of pyridine rings is 1. The van der Waals surface area contributed by atoms with Crippen molar-refractivity contribution in [3.63, 3.8) is 0 Å². The summed E-state index contributed by atoms with van der Waals surface area (Å²) in [7, 11) is 0. The highest BCUT2D eigenvalue weighted by atomic mass is 79.9. The van der Waals surface area contributed by atoms with Crippen LogP contribution in [0.5, 0.6) is 0 Å². The second-order valence-electron chi connectivity index (χ2n) is 4.07. The number of anilines is 1. The van der Waals surface area contributed by atoms with Crippen molar-refractivity contribution in [1.82, 2.24) is 9.38 Å². The molecule has 0 bridgehead atoms. The highest BCUT2D eigenvalue weighted by molar-refractivity contribution is 9.10. The fourth-order valence-corrected chi connectivity index (χ4v) is 2.55. The maximum atomic E-state index is 6.11. The van der Waals surface area contributed by atoms with E-state index in [0.29, 0.717) is 0 Å². The Labute approximate surface area is 114 Å². The molecule has 0 aliphatic heterocycles. The van der Waals surface area contributed by atoms with E-state index in [-0.39, 0.29) is 0 Å². The summed E-state index contributed by atoms with van der Waals surface area (Å²) in [6, 6.07) is 2.05. The lowest BCUT2D eigenvalue weighted by molar-refractivity contribution is 0.908. The van der Waals surface area contributed by atoms with Gasteiger partial charge in [0.1, 0.15) is 11.5 Å². The molecule has 92 valence electrons. The minimum absolute atomic E-state index is 0.766. The molecule has 0 unspecified atom stereocenters. The zero-order valence-electron chi connectivity index (χ0n) is 10.0. The number of nitrogens with zero attached hydrogens (tertiary/aromatic N) is 2. The Morgan fingerprint density at radius 1 is 1.53 bits per heavy atom. The van der Waals surface area contributed by atoms with Crippen LogP contribution in [0.1, 0.15) is 17.7 Å². The van der Waals surface area contributed by atoms with Gasteiger partial charge in [-0.2, -0.15) is 11.8 Å². The molecule has 0 saturated heterocycles. The van der Waals surface area contributed by atoms with E-state index < -0.39 is 0 Å². The van der Waals surface area contributed by atoms with Gasteiger partial charge in [0.05, 0.1) is 5.69 Å². The number of nitrogen functional groups attached to an aromatic ring is 1. The number of hydrogen-bond donors (Lipinski definition) is 1. The first-order valence-electron chi connectivity index (χ1n) is 5.55. The third-order valence-electron chi connectivity index (χ3n) is 2.78. The van der Waals surface area contributed by atoms with Gasteiger partial charge in [0.25, 0.3) is 0 Å². The van der Waals surface area contributed by atoms with Crippen molar-refractivity contribution in [2.75, 3.05) is 17.7 Å². The predicted octanol–water partition coefficient (Wildman–Crippen LogP) is 3.28. The Bertz CT molecular complexity index is 536. The van der Waals surface area contributed by atoms with Gasteiger partial charge in [-0.25, -0.2) is 4.98 Å². The van der Waals surface area contributed by atoms with Gasteiger partial charge in [-0.15, -0.1) is 0 Å². The van der Waals surface area contributed by atoms with Crippen molar-refractivity contribution in [1.29, 1.82) is 0 Å². The molecule has 2 rings (SSSR count). The molecule has 2 aromatic rings. The van der Waals surface area contributed by atoms with E-state index in [1.807, 2.05) is 22.4 Å². The normalized spacial score (nSPS) is 11.2. The van der Waals surface area contributed by atoms with E-state index in [2.05, 4.69) is 40.2 Å². The summed E-state index contributed by atoms with van der Waals surface area (Å²) in [5.41, 5.74) is 9.24. The smallest absolute Gasteiger partial charge is 0.139 e. The highest BCUT2D eigenvalue weighted by Crippen LogP contribution is 2.23. The Kier molecular flexibility index (Phi) is 3.99. The van der Waals surface area contributed by atoms with Crippen LogP contribution in [0.3, 0.4) is 0 Å². The second kappa shape index (κ2) is 5.31. The summed E-state index contributed by atoms with van der Waals surface area (Å²) in [4.78, 5) is 4.59. The van der Waals surface area contributed by atoms with Crippen LogP contribution in [0.2, 0.25) is 0 Å². The maximum Gasteiger partial charge on any atom is 0.139 e. The van der Waals surface area contributed by atoms with Crippen LogP contribution in [0, 0.1) is 6.92 Å². The van der Waals surface area contributed by atoms with E-state index in [9.17, 15) is 0 Å². The lowest BCUT2D eigenvalue weighted by atomic mass is 10.2. The third kappa shape index (κ3) is 2.60. The molecular formula is C12H16BrN3S. The molecule has 0 saturated carbocycles. The molecule has 17 heavy (non-hydrogen) atoms. The molecule has 2 heterocycles. The van der Waals surface area contributed by atoms with Gasteiger partial charge in [-0.3, -0.25) is 4.40 Å². The zero-order chi connectivity index (χ0) is 12.4. The standard InChI is InChI=1S/C12H16BrN3S/c1-8-6-11-15-10(4-3-5-17-2)12(14)16(11)7-9(8)13/h6-7H,3-5,14H2,1-2H3. The van der Waals surface area contributed by atoms with Gasteiger partial charge in [0.2, 0.25) is 0 Å². The van der Waals surface area contributed by atoms with Gasteiger partial charge in [0, 0.05) is 10.7 Å². The number of imidazole rings is 1. The van der Waals surface area contributed by atoms with E-state index in [1.165, 1.54) is 5.56 Å². The van der Waals surface area contributed by atoms with Crippen LogP contribution in [-0.2, 0) is 6.42 Å². The second-order valence-corrected chi connectivity index (χ2v) is 5.91. The molecule has 0 aromatic carbocycles. The molecule has 0 amide bonds. The van der Waals surface area contributed by atoms with Gasteiger partial charge < -0.3 is 5.73 Å². The van der Waals surface area contributed by atoms with Crippen molar-refractivity contribution in [3.05, 3.63) is 28.0 Å². The lowest BCUT2D eigenvalue weighted by Crippen LogP contribution is -1.97. The fourth-order valence-electron chi connectivity index (χ4n) is 1.80. The minimum atomic E-state index is 0.766. The number of aromatic nitrogens is 2. The molecule has 0 fully saturated rings. The monoisotopic (exact) mass is 313 g/mol. The molecule has 2 N–H and O–H groups in total. The predicted molar refractivity (Wildman–Crippen MR) is 78.7 cm³/mol. The SMILES string of the molecule is CSCCCc1nc2cc(C)c(Br)cn2c1N. The Morgan fingerprint density at radius 3 is 3.00 bits per heavy atom. The fraction of sp³-hybridized carbons (Fsp3) is 0.417. The largest absolute Gasteiger partial charge is 0.383 e. The summed E-state index contributed by atoms with van der Waals surface area (Å²) in [5, 5.41) is 0. The van der Waals surface area contributed by atoms with Crippen molar-refractivity contribution in [3.8, 4) is 0 Å². The first kappa shape index (κ1) is 12.8. The number of nitrogens with two attached hydrogens (primary N) is 1. The summed E-state index contributed by atoms with van der Waals surface area (Å²) >= 11 is 5.37. The quantitative estimate of drug-likeness (QED) is 0.881. The molecule has 0 atom stereocenters. The number of thioether (sulfide) groups is 1. The Morgan fingerprint density at radius 2 is 2.29 bits per heavy atom. The topological polar surface area (TPSA) is 43.3 Å². The third-order valence-corrected chi connectivity index (χ3v) is 4.31. The van der Waals surface area contributed by atoms with Crippen molar-refractivity contribution in [2.24, 2.45) is 0 Å². The molecule has 0 aliphatic rings. The first-order valence-corrected chi connectivity index (χ1v) is 7.73. The Balaban J connectivity index is 2.35. The van der Waals surface area contributed by atoms with Gasteiger partial charge in [-0.05, 0) is 59.3 Å². The summed E-state index contributed by atoms with van der Waals surface area (Å²) in [6.07, 6.45) is 6.18. The zero-order valence-corrected chi connectivity index (χ0v) is 12.4. The number of rotatable bonds is 4. The van der Waals surface area contributed by atoms with Gasteiger partial charge >= 0.3 is 0 Å². The van der Waals surface area contributed by atoms with Crippen molar-refractivity contribution >= 4 is 39.2 Å². The van der Waals surface area contributed by atoms with Crippen LogP contribution in [-0.4, -0.2) is 21.4 Å². The number of halogens is 1. The lowest BCUT2D eigenvalue weighted by Gasteiger charge is -2.01. The minimum Gasteiger partial charge on any atom is -0.383 e. The summed E-state index contributed by atoms with van der Waals surface area (Å²) < 4.78 is 3.01. The molecule has 3 nitrogen and oxygen atoms in total. The molecule has 0 radical (unpaired) electrons. The highest BCUT2D eigenvalue weighted by Gasteiger charge is 2.10. The van der Waals surface area contributed by atoms with E-state index >= 15 is 0 Å². The number of fused-ring (bicyclic) bond motifs is 1. The van der Waals surface area contributed by atoms with Gasteiger partial charge in [0.15, 0.2) is 0 Å². The molecular weight excluding hydrogens is 298 g/mol. The molecule has 0 spiro atoms. The average Bonchev–Trinajstić information content (AvgIpc) is 2.58. The van der Waals surface area contributed by atoms with Crippen LogP contribution in [0.15, 0.2) is 16.7 Å². The maximum absolute atomic E-state index is 6.11. The van der Waals surface area contributed by atoms with Gasteiger partial charge in [-0.1, -0.05) is 0 Å². The van der Waals surface area contributed by atoms with E-state index in [0.717, 1.165) is 40.2 Å². The van der Waals surface area contributed by atoms with Crippen LogP contribution >= 0.6 is 27.7 Å². The average molecular weight is 314 g/mol. The molecule has 0 aliphatic carbocycles. The Hall–Kier alpha value is -0.680. The number of hydrogen-bond acceptors (Lipinski definition) is 3. The van der Waals surface area contributed by atoms with Crippen LogP contribution in [0.4, 0.5) is 5.82 Å². The first-order chi connectivity index (χ1) is 8.13. The molecule has 5 heteroatoms. The van der Waals surface area contributed by atoms with Crippen LogP contribution in [0.25, 0.3) is 5.65 Å².